The lowest BCUT2D eigenvalue weighted by Gasteiger charge is -2.07. The molecule has 0 saturated carbocycles. The number of carbonyl (C=O) groups excluding carboxylic acids is 1. The maximum absolute atomic E-state index is 12.8. The predicted molar refractivity (Wildman–Crippen MR) is 81.7 cm³/mol. The van der Waals surface area contributed by atoms with Crippen LogP contribution in [0.2, 0.25) is 0 Å². The Balaban J connectivity index is 2.23. The van der Waals surface area contributed by atoms with Crippen molar-refractivity contribution in [3.8, 4) is 0 Å². The second-order valence-electron chi connectivity index (χ2n) is 4.86. The third-order valence-corrected chi connectivity index (χ3v) is 3.49. The van der Waals surface area contributed by atoms with Gasteiger partial charge in [0, 0.05) is 6.07 Å². The number of nitrogens with zero attached hydrogens (tertiary/aromatic N) is 3. The maximum Gasteiger partial charge on any atom is 0.282 e. The third-order valence-electron chi connectivity index (χ3n) is 3.49. The van der Waals surface area contributed by atoms with E-state index < -0.39 is 10.8 Å². The second kappa shape index (κ2) is 4.96. The van der Waals surface area contributed by atoms with Crippen LogP contribution in [-0.2, 0) is 0 Å². The first kappa shape index (κ1) is 13.7. The van der Waals surface area contributed by atoms with Gasteiger partial charge in [0.25, 0.3) is 11.6 Å². The number of carbonyl (C=O) groups is 1. The highest BCUT2D eigenvalue weighted by Crippen LogP contribution is 2.26. The zero-order valence-corrected chi connectivity index (χ0v) is 11.7. The highest BCUT2D eigenvalue weighted by molar-refractivity contribution is 6.06. The van der Waals surface area contributed by atoms with Crippen molar-refractivity contribution in [1.82, 2.24) is 9.55 Å². The summed E-state index contributed by atoms with van der Waals surface area (Å²) in [5.74, 6) is -0.502. The molecule has 0 saturated heterocycles. The van der Waals surface area contributed by atoms with E-state index in [2.05, 4.69) is 4.98 Å². The molecule has 0 bridgehead atoms. The molecule has 0 amide bonds. The fraction of sp³-hybridized carbons (Fsp3) is 0.0667. The number of rotatable bonds is 2. The number of nitro benzene ring substituents is 1. The van der Waals surface area contributed by atoms with Crippen LogP contribution in [0.1, 0.15) is 15.9 Å². The fourth-order valence-electron chi connectivity index (χ4n) is 2.43. The zero-order chi connectivity index (χ0) is 15.9. The smallest absolute Gasteiger partial charge is 0.282 e. The Bertz CT molecular complexity index is 914. The van der Waals surface area contributed by atoms with Gasteiger partial charge in [-0.15, -0.1) is 0 Å². The average molecular weight is 296 g/mol. The first-order valence-electron chi connectivity index (χ1n) is 6.51. The Hall–Kier alpha value is -3.22. The maximum atomic E-state index is 12.8. The molecule has 0 radical (unpaired) electrons. The van der Waals surface area contributed by atoms with Crippen molar-refractivity contribution in [2.75, 3.05) is 5.73 Å². The van der Waals surface area contributed by atoms with Crippen LogP contribution in [0.3, 0.4) is 0 Å². The van der Waals surface area contributed by atoms with Crippen molar-refractivity contribution in [2.24, 2.45) is 0 Å². The van der Waals surface area contributed by atoms with Gasteiger partial charge in [-0.3, -0.25) is 19.5 Å². The minimum atomic E-state index is -0.562. The van der Waals surface area contributed by atoms with Gasteiger partial charge in [-0.1, -0.05) is 18.2 Å². The zero-order valence-electron chi connectivity index (χ0n) is 11.7. The molecule has 0 aliphatic carbocycles. The van der Waals surface area contributed by atoms with Crippen LogP contribution in [0.4, 0.5) is 11.4 Å². The van der Waals surface area contributed by atoms with E-state index in [1.54, 1.807) is 37.3 Å². The molecule has 0 fully saturated rings. The molecular weight excluding hydrogens is 284 g/mol. The van der Waals surface area contributed by atoms with Gasteiger partial charge >= 0.3 is 0 Å². The number of hydrogen-bond acceptors (Lipinski definition) is 5. The molecule has 2 aromatic carbocycles. The molecule has 1 heterocycles. The Labute approximate surface area is 125 Å². The van der Waals surface area contributed by atoms with Gasteiger partial charge in [0.05, 0.1) is 16.1 Å². The molecule has 0 unspecified atom stereocenters. The van der Waals surface area contributed by atoms with Crippen molar-refractivity contribution >= 4 is 28.3 Å². The molecule has 0 atom stereocenters. The van der Waals surface area contributed by atoms with Crippen LogP contribution < -0.4 is 5.73 Å². The molecule has 2 N–H and O–H groups in total. The number of nitrogen functional groups attached to an aromatic ring is 1. The number of aromatic nitrogens is 2. The topological polar surface area (TPSA) is 104 Å². The summed E-state index contributed by atoms with van der Waals surface area (Å²) in [6.45, 7) is 1.66. The van der Waals surface area contributed by atoms with E-state index in [1.807, 2.05) is 0 Å². The Morgan fingerprint density at radius 3 is 2.73 bits per heavy atom. The van der Waals surface area contributed by atoms with Gasteiger partial charge in [-0.25, -0.2) is 4.98 Å². The predicted octanol–water partition coefficient (Wildman–Crippen LogP) is 2.52. The van der Waals surface area contributed by atoms with E-state index in [1.165, 1.54) is 17.0 Å². The summed E-state index contributed by atoms with van der Waals surface area (Å²) in [6, 6.07) is 9.60. The van der Waals surface area contributed by atoms with Crippen molar-refractivity contribution in [1.29, 1.82) is 0 Å². The first-order chi connectivity index (χ1) is 10.5. The van der Waals surface area contributed by atoms with E-state index in [0.717, 1.165) is 0 Å². The third kappa shape index (κ3) is 1.99. The van der Waals surface area contributed by atoms with E-state index in [-0.39, 0.29) is 11.3 Å². The Morgan fingerprint density at radius 1 is 1.27 bits per heavy atom. The van der Waals surface area contributed by atoms with E-state index >= 15 is 0 Å². The average Bonchev–Trinajstić information content (AvgIpc) is 2.91. The van der Waals surface area contributed by atoms with Gasteiger partial charge in [-0.05, 0) is 24.6 Å². The molecule has 3 aromatic rings. The molecule has 7 heteroatoms. The number of para-hydroxylation sites is 1. The molecule has 0 aliphatic heterocycles. The van der Waals surface area contributed by atoms with Crippen LogP contribution >= 0.6 is 0 Å². The Morgan fingerprint density at radius 2 is 2.00 bits per heavy atom. The van der Waals surface area contributed by atoms with Crippen molar-refractivity contribution in [2.45, 2.75) is 6.92 Å². The molecule has 0 aliphatic rings. The lowest BCUT2D eigenvalue weighted by atomic mass is 10.1. The van der Waals surface area contributed by atoms with Gasteiger partial charge in [-0.2, -0.15) is 0 Å². The van der Waals surface area contributed by atoms with E-state index in [0.29, 0.717) is 22.3 Å². The van der Waals surface area contributed by atoms with Gasteiger partial charge in [0.2, 0.25) is 0 Å². The summed E-state index contributed by atoms with van der Waals surface area (Å²) in [5, 5.41) is 11.2. The number of anilines is 1. The molecule has 110 valence electrons. The summed E-state index contributed by atoms with van der Waals surface area (Å²) >= 11 is 0. The number of benzene rings is 2. The van der Waals surface area contributed by atoms with Gasteiger partial charge < -0.3 is 5.73 Å². The monoisotopic (exact) mass is 296 g/mol. The van der Waals surface area contributed by atoms with Crippen LogP contribution in [0.5, 0.6) is 0 Å². The minimum Gasteiger partial charge on any atom is -0.397 e. The number of nitrogens with two attached hydrogens (primary N) is 1. The van der Waals surface area contributed by atoms with Crippen LogP contribution in [0, 0.1) is 17.0 Å². The van der Waals surface area contributed by atoms with Crippen molar-refractivity contribution < 1.29 is 9.72 Å². The number of fused-ring (bicyclic) bond motifs is 1. The molecule has 7 nitrogen and oxygen atoms in total. The normalized spacial score (nSPS) is 10.8. The molecule has 0 spiro atoms. The summed E-state index contributed by atoms with van der Waals surface area (Å²) in [4.78, 5) is 27.5. The standard InChI is InChI=1S/C15H12N4O3/c1-9-4-2-6-11(19(21)22)13(9)15(20)18-8-17-14-10(16)5-3-7-12(14)18/h2-8H,16H2,1H3. The molecular formula is C15H12N4O3. The molecule has 1 aromatic heterocycles. The Kier molecular flexibility index (Phi) is 3.10. The first-order valence-corrected chi connectivity index (χ1v) is 6.51. The summed E-state index contributed by atoms with van der Waals surface area (Å²) in [6.07, 6.45) is 1.33. The number of aryl methyl sites for hydroxylation is 1. The number of hydrogen-bond donors (Lipinski definition) is 1. The van der Waals surface area contributed by atoms with Crippen LogP contribution in [0.25, 0.3) is 11.0 Å². The van der Waals surface area contributed by atoms with E-state index in [4.69, 9.17) is 5.73 Å². The minimum absolute atomic E-state index is 0.0502. The van der Waals surface area contributed by atoms with Crippen LogP contribution in [0.15, 0.2) is 42.7 Å². The van der Waals surface area contributed by atoms with Crippen LogP contribution in [-0.4, -0.2) is 20.4 Å². The lowest BCUT2D eigenvalue weighted by Crippen LogP contribution is -2.14. The molecule has 22 heavy (non-hydrogen) atoms. The SMILES string of the molecule is Cc1cccc([N+](=O)[O-])c1C(=O)n1cnc2c(N)cccc21. The summed E-state index contributed by atoms with van der Waals surface area (Å²) < 4.78 is 1.28. The van der Waals surface area contributed by atoms with Crippen molar-refractivity contribution in [3.63, 3.8) is 0 Å². The fourth-order valence-corrected chi connectivity index (χ4v) is 2.43. The highest BCUT2D eigenvalue weighted by atomic mass is 16.6. The lowest BCUT2D eigenvalue weighted by molar-refractivity contribution is -0.385. The quantitative estimate of drug-likeness (QED) is 0.444. The van der Waals surface area contributed by atoms with Crippen molar-refractivity contribution in [3.05, 3.63) is 64.0 Å². The summed E-state index contributed by atoms with van der Waals surface area (Å²) in [5.41, 5.74) is 7.63. The van der Waals surface area contributed by atoms with Gasteiger partial charge in [0.15, 0.2) is 0 Å². The molecule has 3 rings (SSSR count). The number of nitro groups is 1. The van der Waals surface area contributed by atoms with Gasteiger partial charge in [0.1, 0.15) is 17.4 Å². The largest absolute Gasteiger partial charge is 0.397 e. The highest BCUT2D eigenvalue weighted by Gasteiger charge is 2.24. The second-order valence-corrected chi connectivity index (χ2v) is 4.86. The number of imidazole rings is 1. The van der Waals surface area contributed by atoms with E-state index in [9.17, 15) is 14.9 Å². The summed E-state index contributed by atoms with van der Waals surface area (Å²) in [7, 11) is 0.